The van der Waals surface area contributed by atoms with E-state index in [4.69, 9.17) is 16.0 Å². The van der Waals surface area contributed by atoms with Gasteiger partial charge < -0.3 is 14.8 Å². The minimum Gasteiger partial charge on any atom is -0.506 e. The molecule has 0 unspecified atom stereocenters. The minimum absolute atomic E-state index is 0.0299. The highest BCUT2D eigenvalue weighted by Gasteiger charge is 2.09. The number of benzene rings is 1. The third kappa shape index (κ3) is 2.17. The van der Waals surface area contributed by atoms with E-state index >= 15 is 0 Å². The lowest BCUT2D eigenvalue weighted by Gasteiger charge is -2.04. The number of furan rings is 1. The van der Waals surface area contributed by atoms with Gasteiger partial charge in [0.2, 0.25) is 0 Å². The molecule has 0 aliphatic carbocycles. The molecule has 0 spiro atoms. The molecule has 82 valence electrons. The summed E-state index contributed by atoms with van der Waals surface area (Å²) in [7, 11) is 0. The predicted molar refractivity (Wildman–Crippen MR) is 59.8 cm³/mol. The van der Waals surface area contributed by atoms with Crippen molar-refractivity contribution in [3.05, 3.63) is 47.4 Å². The quantitative estimate of drug-likeness (QED) is 0.790. The predicted octanol–water partition coefficient (Wildman–Crippen LogP) is 2.89. The van der Waals surface area contributed by atoms with E-state index < -0.39 is 0 Å². The van der Waals surface area contributed by atoms with Crippen LogP contribution in [-0.4, -0.2) is 11.0 Å². The molecule has 5 heteroatoms. The van der Waals surface area contributed by atoms with E-state index in [-0.39, 0.29) is 22.4 Å². The molecule has 0 atom stereocenters. The Morgan fingerprint density at radius 2 is 2.19 bits per heavy atom. The number of halogens is 1. The molecule has 1 heterocycles. The molecule has 1 aromatic carbocycles. The third-order valence-corrected chi connectivity index (χ3v) is 2.25. The highest BCUT2D eigenvalue weighted by Crippen LogP contribution is 2.26. The number of anilines is 1. The van der Waals surface area contributed by atoms with Gasteiger partial charge in [0.25, 0.3) is 5.91 Å². The Morgan fingerprint density at radius 1 is 1.38 bits per heavy atom. The summed E-state index contributed by atoms with van der Waals surface area (Å²) in [6.07, 6.45) is 1.42. The highest BCUT2D eigenvalue weighted by atomic mass is 35.5. The fourth-order valence-electron chi connectivity index (χ4n) is 1.19. The molecule has 0 bridgehead atoms. The molecule has 2 N–H and O–H groups in total. The van der Waals surface area contributed by atoms with Crippen LogP contribution in [0.5, 0.6) is 5.75 Å². The smallest absolute Gasteiger partial charge is 0.291 e. The van der Waals surface area contributed by atoms with Crippen molar-refractivity contribution in [3.63, 3.8) is 0 Å². The molecule has 16 heavy (non-hydrogen) atoms. The zero-order chi connectivity index (χ0) is 11.5. The lowest BCUT2D eigenvalue weighted by Crippen LogP contribution is -2.10. The number of phenols is 1. The number of carbonyl (C=O) groups excluding carboxylic acids is 1. The Balaban J connectivity index is 2.15. The fourth-order valence-corrected chi connectivity index (χ4v) is 1.37. The van der Waals surface area contributed by atoms with E-state index in [9.17, 15) is 9.90 Å². The van der Waals surface area contributed by atoms with Gasteiger partial charge in [-0.2, -0.15) is 0 Å². The average Bonchev–Trinajstić information content (AvgIpc) is 2.77. The van der Waals surface area contributed by atoms with Crippen LogP contribution in [0.25, 0.3) is 0 Å². The Hall–Kier alpha value is -1.94. The van der Waals surface area contributed by atoms with Crippen LogP contribution in [0.15, 0.2) is 41.0 Å². The topological polar surface area (TPSA) is 62.5 Å². The van der Waals surface area contributed by atoms with Gasteiger partial charge in [-0.15, -0.1) is 0 Å². The van der Waals surface area contributed by atoms with Crippen LogP contribution in [0.1, 0.15) is 10.6 Å². The zero-order valence-electron chi connectivity index (χ0n) is 8.11. The summed E-state index contributed by atoms with van der Waals surface area (Å²) in [5, 5.41) is 12.0. The van der Waals surface area contributed by atoms with Crippen molar-refractivity contribution in [1.82, 2.24) is 0 Å². The first kappa shape index (κ1) is 10.6. The molecule has 0 aliphatic rings. The number of phenolic OH excluding ortho intramolecular Hbond substituents is 1. The van der Waals surface area contributed by atoms with Crippen LogP contribution in [-0.2, 0) is 0 Å². The lowest BCUT2D eigenvalue weighted by molar-refractivity contribution is 0.0996. The molecule has 1 amide bonds. The first-order chi connectivity index (χ1) is 7.66. The SMILES string of the molecule is O=C(Nc1ccc(O)c(Cl)c1)c1ccco1. The van der Waals surface area contributed by atoms with Crippen LogP contribution in [0.4, 0.5) is 5.69 Å². The van der Waals surface area contributed by atoms with E-state index in [1.165, 1.54) is 18.4 Å². The first-order valence-electron chi connectivity index (χ1n) is 4.50. The number of rotatable bonds is 2. The maximum atomic E-state index is 11.6. The molecular weight excluding hydrogens is 230 g/mol. The number of aromatic hydroxyl groups is 1. The van der Waals surface area contributed by atoms with E-state index in [2.05, 4.69) is 5.32 Å². The molecule has 0 fully saturated rings. The molecule has 2 aromatic rings. The van der Waals surface area contributed by atoms with E-state index in [0.717, 1.165) is 0 Å². The first-order valence-corrected chi connectivity index (χ1v) is 4.88. The molecule has 4 nitrogen and oxygen atoms in total. The molecule has 2 rings (SSSR count). The monoisotopic (exact) mass is 237 g/mol. The molecular formula is C11H8ClNO3. The zero-order valence-corrected chi connectivity index (χ0v) is 8.86. The maximum Gasteiger partial charge on any atom is 0.291 e. The molecule has 0 aliphatic heterocycles. The average molecular weight is 238 g/mol. The van der Waals surface area contributed by atoms with Gasteiger partial charge in [0, 0.05) is 5.69 Å². The number of hydrogen-bond acceptors (Lipinski definition) is 3. The van der Waals surface area contributed by atoms with Crippen LogP contribution in [0, 0.1) is 0 Å². The normalized spacial score (nSPS) is 10.1. The van der Waals surface area contributed by atoms with Crippen LogP contribution >= 0.6 is 11.6 Å². The van der Waals surface area contributed by atoms with Gasteiger partial charge in [0.05, 0.1) is 11.3 Å². The second kappa shape index (κ2) is 4.28. The standard InChI is InChI=1S/C11H8ClNO3/c12-8-6-7(3-4-9(8)14)13-11(15)10-2-1-5-16-10/h1-6,14H,(H,13,15). The van der Waals surface area contributed by atoms with Crippen molar-refractivity contribution in [1.29, 1.82) is 0 Å². The van der Waals surface area contributed by atoms with Gasteiger partial charge in [0.1, 0.15) is 5.75 Å². The molecule has 0 saturated heterocycles. The largest absolute Gasteiger partial charge is 0.506 e. The van der Waals surface area contributed by atoms with Gasteiger partial charge in [-0.25, -0.2) is 0 Å². The van der Waals surface area contributed by atoms with Gasteiger partial charge in [-0.3, -0.25) is 4.79 Å². The Labute approximate surface area is 96.5 Å². The number of carbonyl (C=O) groups is 1. The second-order valence-corrected chi connectivity index (χ2v) is 3.50. The third-order valence-electron chi connectivity index (χ3n) is 1.95. The van der Waals surface area contributed by atoms with Crippen molar-refractivity contribution in [2.45, 2.75) is 0 Å². The summed E-state index contributed by atoms with van der Waals surface area (Å²) in [5.74, 6) is -0.186. The minimum atomic E-state index is -0.369. The van der Waals surface area contributed by atoms with E-state index in [1.54, 1.807) is 18.2 Å². The Morgan fingerprint density at radius 3 is 2.81 bits per heavy atom. The summed E-state index contributed by atoms with van der Waals surface area (Å²) >= 11 is 5.70. The van der Waals surface area contributed by atoms with Crippen molar-refractivity contribution < 1.29 is 14.3 Å². The van der Waals surface area contributed by atoms with E-state index in [1.807, 2.05) is 0 Å². The molecule has 0 radical (unpaired) electrons. The van der Waals surface area contributed by atoms with Crippen molar-refractivity contribution in [3.8, 4) is 5.75 Å². The second-order valence-electron chi connectivity index (χ2n) is 3.10. The van der Waals surface area contributed by atoms with Crippen LogP contribution in [0.3, 0.4) is 0 Å². The summed E-state index contributed by atoms with van der Waals surface area (Å²) in [6.45, 7) is 0. The fraction of sp³-hybridized carbons (Fsp3) is 0. The van der Waals surface area contributed by atoms with Gasteiger partial charge >= 0.3 is 0 Å². The Bertz CT molecular complexity index is 508. The summed E-state index contributed by atoms with van der Waals surface area (Å²) in [5.41, 5.74) is 0.490. The molecule has 0 saturated carbocycles. The lowest BCUT2D eigenvalue weighted by atomic mass is 10.3. The number of amides is 1. The van der Waals surface area contributed by atoms with Crippen molar-refractivity contribution in [2.75, 3.05) is 5.32 Å². The summed E-state index contributed by atoms with van der Waals surface area (Å²) < 4.78 is 4.93. The van der Waals surface area contributed by atoms with Crippen molar-refractivity contribution >= 4 is 23.2 Å². The van der Waals surface area contributed by atoms with Gasteiger partial charge in [0.15, 0.2) is 5.76 Å². The summed E-state index contributed by atoms with van der Waals surface area (Å²) in [6, 6.07) is 7.58. The van der Waals surface area contributed by atoms with Gasteiger partial charge in [-0.05, 0) is 30.3 Å². The highest BCUT2D eigenvalue weighted by molar-refractivity contribution is 6.32. The van der Waals surface area contributed by atoms with Gasteiger partial charge in [-0.1, -0.05) is 11.6 Å². The van der Waals surface area contributed by atoms with E-state index in [0.29, 0.717) is 5.69 Å². The summed E-state index contributed by atoms with van der Waals surface area (Å²) in [4.78, 5) is 11.6. The van der Waals surface area contributed by atoms with Crippen LogP contribution < -0.4 is 5.32 Å². The Kier molecular flexibility index (Phi) is 2.83. The molecule has 1 aromatic heterocycles. The number of hydrogen-bond donors (Lipinski definition) is 2. The maximum absolute atomic E-state index is 11.6. The van der Waals surface area contributed by atoms with Crippen LogP contribution in [0.2, 0.25) is 5.02 Å². The van der Waals surface area contributed by atoms with Crippen molar-refractivity contribution in [2.24, 2.45) is 0 Å². The number of nitrogens with one attached hydrogen (secondary N) is 1.